The predicted octanol–water partition coefficient (Wildman–Crippen LogP) is 2.96. The monoisotopic (exact) mass is 255 g/mol. The fourth-order valence-electron chi connectivity index (χ4n) is 1.59. The van der Waals surface area contributed by atoms with Gasteiger partial charge in [-0.2, -0.15) is 5.26 Å². The van der Waals surface area contributed by atoms with Gasteiger partial charge < -0.3 is 4.74 Å². The molecule has 1 heterocycles. The van der Waals surface area contributed by atoms with E-state index in [1.54, 1.807) is 25.1 Å². The van der Waals surface area contributed by atoms with E-state index in [4.69, 9.17) is 10.00 Å². The maximum atomic E-state index is 11.0. The number of pyridine rings is 1. The molecule has 0 aliphatic heterocycles. The number of nitriles is 1. The van der Waals surface area contributed by atoms with E-state index in [0.717, 1.165) is 0 Å². The van der Waals surface area contributed by atoms with Crippen molar-refractivity contribution in [2.45, 2.75) is 6.92 Å². The summed E-state index contributed by atoms with van der Waals surface area (Å²) in [6.07, 6.45) is 0. The largest absolute Gasteiger partial charge is 0.432 e. The molecule has 0 aliphatic rings. The molecule has 2 rings (SSSR count). The summed E-state index contributed by atoms with van der Waals surface area (Å²) in [5.41, 5.74) is 0.582. The molecule has 1 aromatic heterocycles. The van der Waals surface area contributed by atoms with E-state index in [1.807, 2.05) is 6.07 Å². The van der Waals surface area contributed by atoms with E-state index >= 15 is 0 Å². The Morgan fingerprint density at radius 2 is 2.05 bits per heavy atom. The Morgan fingerprint density at radius 1 is 1.32 bits per heavy atom. The van der Waals surface area contributed by atoms with E-state index in [1.165, 1.54) is 18.2 Å². The highest BCUT2D eigenvalue weighted by molar-refractivity contribution is 5.53. The molecule has 0 N–H and O–H groups in total. The zero-order valence-electron chi connectivity index (χ0n) is 10.0. The lowest BCUT2D eigenvalue weighted by Crippen LogP contribution is -1.97. The van der Waals surface area contributed by atoms with Crippen LogP contribution in [0.4, 0.5) is 5.69 Å². The minimum absolute atomic E-state index is 0.104. The summed E-state index contributed by atoms with van der Waals surface area (Å²) in [5, 5.41) is 19.7. The van der Waals surface area contributed by atoms with Crippen molar-refractivity contribution in [3.8, 4) is 17.7 Å². The molecular weight excluding hydrogens is 246 g/mol. The van der Waals surface area contributed by atoms with Gasteiger partial charge in [0, 0.05) is 11.6 Å². The second kappa shape index (κ2) is 5.14. The minimum atomic E-state index is -0.501. The fourth-order valence-corrected chi connectivity index (χ4v) is 1.59. The maximum Gasteiger partial charge on any atom is 0.314 e. The van der Waals surface area contributed by atoms with Gasteiger partial charge in [0.1, 0.15) is 11.8 Å². The van der Waals surface area contributed by atoms with E-state index in [0.29, 0.717) is 5.56 Å². The lowest BCUT2D eigenvalue weighted by molar-refractivity contribution is -0.386. The molecule has 0 spiro atoms. The molecule has 19 heavy (non-hydrogen) atoms. The second-order valence-electron chi connectivity index (χ2n) is 3.75. The van der Waals surface area contributed by atoms with Crippen molar-refractivity contribution in [2.24, 2.45) is 0 Å². The number of nitro benzene ring substituents is 1. The van der Waals surface area contributed by atoms with Crippen molar-refractivity contribution in [3.63, 3.8) is 0 Å². The van der Waals surface area contributed by atoms with Gasteiger partial charge in [0.2, 0.25) is 11.6 Å². The summed E-state index contributed by atoms with van der Waals surface area (Å²) in [7, 11) is 0. The average molecular weight is 255 g/mol. The zero-order chi connectivity index (χ0) is 13.8. The fraction of sp³-hybridized carbons (Fsp3) is 0.0769. The third kappa shape index (κ3) is 2.66. The summed E-state index contributed by atoms with van der Waals surface area (Å²) in [5.74, 6) is 0.250. The molecule has 0 atom stereocenters. The van der Waals surface area contributed by atoms with Gasteiger partial charge in [0.15, 0.2) is 0 Å². The third-order valence-corrected chi connectivity index (χ3v) is 2.44. The van der Waals surface area contributed by atoms with Crippen LogP contribution in [0.25, 0.3) is 0 Å². The van der Waals surface area contributed by atoms with Gasteiger partial charge in [-0.15, -0.1) is 0 Å². The van der Waals surface area contributed by atoms with Crippen LogP contribution in [0.3, 0.4) is 0 Å². The summed E-state index contributed by atoms with van der Waals surface area (Å²) >= 11 is 0. The number of para-hydroxylation sites is 1. The number of hydrogen-bond acceptors (Lipinski definition) is 5. The topological polar surface area (TPSA) is 89.0 Å². The average Bonchev–Trinajstić information content (AvgIpc) is 2.38. The quantitative estimate of drug-likeness (QED) is 0.621. The van der Waals surface area contributed by atoms with E-state index in [-0.39, 0.29) is 23.0 Å². The second-order valence-corrected chi connectivity index (χ2v) is 3.75. The highest BCUT2D eigenvalue weighted by Crippen LogP contribution is 2.33. The number of benzene rings is 1. The van der Waals surface area contributed by atoms with Crippen molar-refractivity contribution < 1.29 is 9.66 Å². The van der Waals surface area contributed by atoms with Gasteiger partial charge in [0.05, 0.1) is 4.92 Å². The van der Waals surface area contributed by atoms with Crippen molar-refractivity contribution >= 4 is 5.69 Å². The van der Waals surface area contributed by atoms with Crippen LogP contribution in [0.1, 0.15) is 11.3 Å². The van der Waals surface area contributed by atoms with Gasteiger partial charge in [0.25, 0.3) is 0 Å². The Hall–Kier alpha value is -2.94. The Bertz CT molecular complexity index is 677. The Balaban J connectivity index is 2.41. The molecule has 0 amide bonds. The van der Waals surface area contributed by atoms with Crippen LogP contribution in [0, 0.1) is 28.4 Å². The molecule has 0 saturated carbocycles. The highest BCUT2D eigenvalue weighted by atomic mass is 16.6. The molecule has 2 aromatic rings. The summed E-state index contributed by atoms with van der Waals surface area (Å²) in [4.78, 5) is 14.4. The van der Waals surface area contributed by atoms with Gasteiger partial charge in [-0.25, -0.2) is 4.98 Å². The summed E-state index contributed by atoms with van der Waals surface area (Å²) in [6.45, 7) is 1.63. The van der Waals surface area contributed by atoms with Gasteiger partial charge in [-0.3, -0.25) is 10.1 Å². The van der Waals surface area contributed by atoms with Crippen LogP contribution in [0.15, 0.2) is 36.4 Å². The smallest absolute Gasteiger partial charge is 0.314 e. The first-order valence-corrected chi connectivity index (χ1v) is 5.41. The van der Waals surface area contributed by atoms with Gasteiger partial charge >= 0.3 is 5.69 Å². The minimum Gasteiger partial charge on any atom is -0.432 e. The number of hydrogen-bond donors (Lipinski definition) is 0. The number of rotatable bonds is 3. The maximum absolute atomic E-state index is 11.0. The van der Waals surface area contributed by atoms with E-state index in [9.17, 15) is 10.1 Å². The molecule has 0 fully saturated rings. The Labute approximate surface area is 109 Å². The molecule has 0 unspecified atom stereocenters. The first-order valence-electron chi connectivity index (χ1n) is 5.41. The van der Waals surface area contributed by atoms with E-state index in [2.05, 4.69) is 4.98 Å². The normalized spacial score (nSPS) is 9.68. The summed E-state index contributed by atoms with van der Waals surface area (Å²) in [6, 6.07) is 11.3. The van der Waals surface area contributed by atoms with Crippen LogP contribution in [-0.2, 0) is 0 Å². The molecular formula is C13H9N3O3. The van der Waals surface area contributed by atoms with Gasteiger partial charge in [-0.1, -0.05) is 18.2 Å². The molecule has 6 nitrogen and oxygen atoms in total. The molecule has 0 bridgehead atoms. The number of nitrogens with zero attached hydrogens (tertiary/aromatic N) is 3. The van der Waals surface area contributed by atoms with Crippen LogP contribution in [0.2, 0.25) is 0 Å². The molecule has 0 saturated heterocycles. The lowest BCUT2D eigenvalue weighted by Gasteiger charge is -2.06. The first-order chi connectivity index (χ1) is 9.11. The van der Waals surface area contributed by atoms with Gasteiger partial charge in [-0.05, 0) is 19.1 Å². The van der Waals surface area contributed by atoms with Crippen molar-refractivity contribution in [1.82, 2.24) is 4.98 Å². The number of aryl methyl sites for hydroxylation is 1. The number of aromatic nitrogens is 1. The van der Waals surface area contributed by atoms with Crippen LogP contribution in [0.5, 0.6) is 11.6 Å². The lowest BCUT2D eigenvalue weighted by atomic mass is 10.2. The Kier molecular flexibility index (Phi) is 3.39. The third-order valence-electron chi connectivity index (χ3n) is 2.44. The number of nitro groups is 1. The Morgan fingerprint density at radius 3 is 2.74 bits per heavy atom. The number of ether oxygens (including phenoxy) is 1. The molecule has 0 aliphatic carbocycles. The zero-order valence-corrected chi connectivity index (χ0v) is 10.0. The predicted molar refractivity (Wildman–Crippen MR) is 66.9 cm³/mol. The van der Waals surface area contributed by atoms with Crippen LogP contribution < -0.4 is 4.74 Å². The molecule has 1 aromatic carbocycles. The summed E-state index contributed by atoms with van der Waals surface area (Å²) < 4.78 is 5.39. The molecule has 6 heteroatoms. The first kappa shape index (κ1) is 12.5. The van der Waals surface area contributed by atoms with Crippen molar-refractivity contribution in [3.05, 3.63) is 57.8 Å². The van der Waals surface area contributed by atoms with Crippen molar-refractivity contribution in [2.75, 3.05) is 0 Å². The van der Waals surface area contributed by atoms with Crippen molar-refractivity contribution in [1.29, 1.82) is 5.26 Å². The SMILES string of the molecule is Cc1cccc(Oc2cccc(C#N)n2)c1[N+](=O)[O-]. The standard InChI is InChI=1S/C13H9N3O3/c1-9-4-2-6-11(13(9)16(17)18)19-12-7-3-5-10(8-14)15-12/h2-7H,1H3. The highest BCUT2D eigenvalue weighted by Gasteiger charge is 2.19. The molecule has 0 radical (unpaired) electrons. The van der Waals surface area contributed by atoms with Crippen LogP contribution >= 0.6 is 0 Å². The molecule has 94 valence electrons. The van der Waals surface area contributed by atoms with E-state index < -0.39 is 4.92 Å². The van der Waals surface area contributed by atoms with Crippen LogP contribution in [-0.4, -0.2) is 9.91 Å².